The van der Waals surface area contributed by atoms with Crippen LogP contribution in [0, 0.1) is 0 Å². The smallest absolute Gasteiger partial charge is 0.357 e. The molecule has 2 rings (SSSR count). The molecule has 6 heteroatoms. The summed E-state index contributed by atoms with van der Waals surface area (Å²) < 4.78 is 13.5. The zero-order valence-corrected chi connectivity index (χ0v) is 10.4. The van der Waals surface area contributed by atoms with Crippen LogP contribution in [0.3, 0.4) is 0 Å². The monoisotopic (exact) mass is 270 g/mol. The van der Waals surface area contributed by atoms with E-state index in [0.717, 1.165) is 5.56 Å². The molecule has 2 unspecified atom stereocenters. The minimum atomic E-state index is -1.34. The third-order valence-electron chi connectivity index (χ3n) is 2.86. The van der Waals surface area contributed by atoms with Crippen LogP contribution in [-0.2, 0) is 4.79 Å². The van der Waals surface area contributed by atoms with Crippen molar-refractivity contribution in [3.8, 4) is 0 Å². The molecule has 1 heterocycles. The van der Waals surface area contributed by atoms with Gasteiger partial charge >= 0.3 is 5.97 Å². The van der Waals surface area contributed by atoms with Gasteiger partial charge in [0.25, 0.3) is 0 Å². The van der Waals surface area contributed by atoms with Crippen molar-refractivity contribution in [3.63, 3.8) is 0 Å². The summed E-state index contributed by atoms with van der Waals surface area (Å²) in [5.41, 5.74) is -0.490. The Hall–Kier alpha value is -1.75. The van der Waals surface area contributed by atoms with Gasteiger partial charge in [0, 0.05) is 0 Å². The molecule has 0 bridgehead atoms. The molecule has 0 fully saturated rings. The van der Waals surface area contributed by atoms with Crippen LogP contribution in [0.4, 0.5) is 4.39 Å². The van der Waals surface area contributed by atoms with Gasteiger partial charge in [-0.15, -0.1) is 0 Å². The van der Waals surface area contributed by atoms with E-state index in [2.05, 4.69) is 5.32 Å². The highest BCUT2D eigenvalue weighted by molar-refractivity contribution is 6.20. The van der Waals surface area contributed by atoms with E-state index in [4.69, 9.17) is 16.7 Å². The zero-order chi connectivity index (χ0) is 13.3. The Balaban J connectivity index is 2.35. The molecule has 2 atom stereocenters. The third-order valence-corrected chi connectivity index (χ3v) is 3.18. The van der Waals surface area contributed by atoms with Crippen molar-refractivity contribution in [2.24, 2.45) is 0 Å². The Morgan fingerprint density at radius 2 is 2.11 bits per heavy atom. The third kappa shape index (κ3) is 2.13. The van der Waals surface area contributed by atoms with E-state index >= 15 is 0 Å². The van der Waals surface area contributed by atoms with E-state index in [1.54, 1.807) is 6.92 Å². The number of carboxylic acids is 1. The van der Waals surface area contributed by atoms with Crippen LogP contribution in [0.25, 0.3) is 0 Å². The highest BCUT2D eigenvalue weighted by atomic mass is 35.5. The maximum Gasteiger partial charge on any atom is 0.357 e. The van der Waals surface area contributed by atoms with E-state index in [1.165, 1.54) is 4.90 Å². The van der Waals surface area contributed by atoms with E-state index in [-0.39, 0.29) is 6.04 Å². The van der Waals surface area contributed by atoms with Gasteiger partial charge in [-0.05, 0) is 12.5 Å². The molecule has 0 aromatic heterocycles. The van der Waals surface area contributed by atoms with E-state index in [9.17, 15) is 9.18 Å². The maximum absolute atomic E-state index is 13.5. The second-order valence-electron chi connectivity index (χ2n) is 3.94. The number of carbonyl (C=O) groups is 1. The second kappa shape index (κ2) is 4.86. The molecular weight excluding hydrogens is 259 g/mol. The fourth-order valence-electron chi connectivity index (χ4n) is 1.96. The molecule has 0 saturated carbocycles. The Labute approximate surface area is 109 Å². The Kier molecular flexibility index (Phi) is 3.43. The molecule has 1 aromatic rings. The quantitative estimate of drug-likeness (QED) is 0.654. The molecule has 1 aliphatic rings. The molecule has 0 aliphatic carbocycles. The minimum Gasteiger partial charge on any atom is -0.476 e. The number of alkyl halides is 1. The number of benzene rings is 1. The number of halogens is 2. The molecule has 0 saturated heterocycles. The summed E-state index contributed by atoms with van der Waals surface area (Å²) in [5.74, 6) is -2.25. The number of nitrogens with zero attached hydrogens (tertiary/aromatic N) is 1. The lowest BCUT2D eigenvalue weighted by atomic mass is 10.1. The van der Waals surface area contributed by atoms with Crippen LogP contribution in [0.1, 0.15) is 18.5 Å². The lowest BCUT2D eigenvalue weighted by Crippen LogP contribution is -2.36. The van der Waals surface area contributed by atoms with E-state index < -0.39 is 23.2 Å². The summed E-state index contributed by atoms with van der Waals surface area (Å²) >= 11 is 5.93. The number of nitrogens with one attached hydrogen (secondary N) is 1. The number of carboxylic acid groups (broad SMARTS) is 1. The van der Waals surface area contributed by atoms with Crippen molar-refractivity contribution in [1.82, 2.24) is 10.2 Å². The van der Waals surface area contributed by atoms with Crippen LogP contribution in [0.15, 0.2) is 42.0 Å². The van der Waals surface area contributed by atoms with Gasteiger partial charge in [-0.3, -0.25) is 0 Å². The van der Waals surface area contributed by atoms with Crippen molar-refractivity contribution < 1.29 is 14.3 Å². The van der Waals surface area contributed by atoms with Gasteiger partial charge in [0.05, 0.1) is 6.04 Å². The molecule has 1 aromatic carbocycles. The minimum absolute atomic E-state index is 0.347. The molecule has 0 radical (unpaired) electrons. The summed E-state index contributed by atoms with van der Waals surface area (Å²) in [6.07, 6.45) is 0. The molecule has 4 nitrogen and oxygen atoms in total. The lowest BCUT2D eigenvalue weighted by Gasteiger charge is -2.29. The Morgan fingerprint density at radius 3 is 2.67 bits per heavy atom. The number of rotatable bonds is 3. The summed E-state index contributed by atoms with van der Waals surface area (Å²) in [6.45, 7) is 1.77. The normalized spacial score (nSPS) is 20.8. The van der Waals surface area contributed by atoms with Crippen molar-refractivity contribution in [1.29, 1.82) is 0 Å². The predicted molar refractivity (Wildman–Crippen MR) is 65.2 cm³/mol. The second-order valence-corrected chi connectivity index (χ2v) is 4.36. The van der Waals surface area contributed by atoms with Crippen molar-refractivity contribution in [2.45, 2.75) is 18.6 Å². The highest BCUT2D eigenvalue weighted by Gasteiger charge is 2.38. The summed E-state index contributed by atoms with van der Waals surface area (Å²) in [4.78, 5) is 12.4. The number of aliphatic carboxylic acids is 1. The van der Waals surface area contributed by atoms with Crippen LogP contribution < -0.4 is 5.32 Å². The summed E-state index contributed by atoms with van der Waals surface area (Å²) in [6, 6.07) is 8.85. The fraction of sp³-hybridized carbons (Fsp3) is 0.250. The highest BCUT2D eigenvalue weighted by Crippen LogP contribution is 2.33. The molecule has 18 heavy (non-hydrogen) atoms. The van der Waals surface area contributed by atoms with Gasteiger partial charge < -0.3 is 15.3 Å². The van der Waals surface area contributed by atoms with Gasteiger partial charge in [-0.25, -0.2) is 4.79 Å². The summed E-state index contributed by atoms with van der Waals surface area (Å²) in [7, 11) is 0. The molecule has 1 aliphatic heterocycles. The predicted octanol–water partition coefficient (Wildman–Crippen LogP) is 2.40. The summed E-state index contributed by atoms with van der Waals surface area (Å²) in [5, 5.41) is 11.3. The molecule has 96 valence electrons. The molecule has 0 spiro atoms. The average molecular weight is 271 g/mol. The maximum atomic E-state index is 13.5. The van der Waals surface area contributed by atoms with Gasteiger partial charge in [-0.2, -0.15) is 4.39 Å². The average Bonchev–Trinajstić information content (AvgIpc) is 2.64. The van der Waals surface area contributed by atoms with Crippen LogP contribution in [0.2, 0.25) is 0 Å². The first-order chi connectivity index (χ1) is 8.52. The Bertz CT molecular complexity index is 492. The van der Waals surface area contributed by atoms with Crippen molar-refractivity contribution in [3.05, 3.63) is 47.5 Å². The van der Waals surface area contributed by atoms with E-state index in [0.29, 0.717) is 0 Å². The van der Waals surface area contributed by atoms with Gasteiger partial charge in [0.15, 0.2) is 11.3 Å². The zero-order valence-electron chi connectivity index (χ0n) is 9.60. The molecule has 2 N–H and O–H groups in total. The van der Waals surface area contributed by atoms with Gasteiger partial charge in [-0.1, -0.05) is 41.9 Å². The first-order valence-corrected chi connectivity index (χ1v) is 5.83. The van der Waals surface area contributed by atoms with Crippen LogP contribution in [-0.4, -0.2) is 21.6 Å². The Morgan fingerprint density at radius 1 is 1.50 bits per heavy atom. The standard InChI is InChI=1S/C12H12ClFN2O2/c1-7(8-5-3-2-4-6-8)16-9(11(17)18)10(14)15-12(16)13/h2-7,12,15H,1H3,(H,17,18). The van der Waals surface area contributed by atoms with Crippen LogP contribution in [0.5, 0.6) is 0 Å². The molecule has 0 amide bonds. The fourth-order valence-corrected chi connectivity index (χ4v) is 2.32. The lowest BCUT2D eigenvalue weighted by molar-refractivity contribution is -0.134. The molecular formula is C12H12ClFN2O2. The first kappa shape index (κ1) is 12.7. The number of hydrogen-bond acceptors (Lipinski definition) is 3. The number of hydrogen-bond donors (Lipinski definition) is 2. The largest absolute Gasteiger partial charge is 0.476 e. The topological polar surface area (TPSA) is 52.6 Å². The first-order valence-electron chi connectivity index (χ1n) is 5.39. The van der Waals surface area contributed by atoms with Crippen molar-refractivity contribution >= 4 is 17.6 Å². The SMILES string of the molecule is CC(c1ccccc1)N1C(C(=O)O)=C(F)NC1Cl. The van der Waals surface area contributed by atoms with Gasteiger partial charge in [0.2, 0.25) is 5.95 Å². The van der Waals surface area contributed by atoms with E-state index in [1.807, 2.05) is 30.3 Å². The van der Waals surface area contributed by atoms with Crippen molar-refractivity contribution in [2.75, 3.05) is 0 Å². The van der Waals surface area contributed by atoms with Crippen LogP contribution >= 0.6 is 11.6 Å². The van der Waals surface area contributed by atoms with Gasteiger partial charge in [0.1, 0.15) is 0 Å².